The maximum Gasteiger partial charge on any atom is 0.338 e. The molecule has 0 aromatic heterocycles. The Morgan fingerprint density at radius 1 is 1.30 bits per heavy atom. The monoisotopic (exact) mass is 348 g/mol. The van der Waals surface area contributed by atoms with E-state index in [0.717, 1.165) is 0 Å². The van der Waals surface area contributed by atoms with E-state index in [0.29, 0.717) is 0 Å². The third-order valence-electron chi connectivity index (χ3n) is 3.32. The molecule has 0 aromatic carbocycles. The second-order valence-corrected chi connectivity index (χ2v) is 8.91. The summed E-state index contributed by atoms with van der Waals surface area (Å²) in [6.45, 7) is 11.5. The highest BCUT2D eigenvalue weighted by Crippen LogP contribution is 2.49. The minimum absolute atomic E-state index is 0.0944. The van der Waals surface area contributed by atoms with Crippen LogP contribution in [0.5, 0.6) is 0 Å². The highest BCUT2D eigenvalue weighted by atomic mass is 31.2. The van der Waals surface area contributed by atoms with Crippen molar-refractivity contribution in [3.05, 3.63) is 0 Å². The fourth-order valence-corrected chi connectivity index (χ4v) is 4.08. The number of amides is 2. The molecular formula is C14H29N4O4P. The number of carbonyl (C=O) groups excluding carboxylic acids is 1. The maximum absolute atomic E-state index is 12.6. The summed E-state index contributed by atoms with van der Waals surface area (Å²) in [5.74, 6) is 0.0944. The Labute approximate surface area is 138 Å². The molecule has 1 unspecified atom stereocenters. The van der Waals surface area contributed by atoms with Crippen molar-refractivity contribution in [2.75, 3.05) is 19.4 Å². The molecule has 8 nitrogen and oxygen atoms in total. The molecule has 3 N–H and O–H groups in total. The smallest absolute Gasteiger partial charge is 0.324 e. The number of hydrazine groups is 1. The topological polar surface area (TPSA) is 104 Å². The van der Waals surface area contributed by atoms with E-state index in [-0.39, 0.29) is 37.2 Å². The lowest BCUT2D eigenvalue weighted by molar-refractivity contribution is 0.193. The lowest BCUT2D eigenvalue weighted by Crippen LogP contribution is -2.53. The quantitative estimate of drug-likeness (QED) is 0.585. The first-order valence-electron chi connectivity index (χ1n) is 7.83. The molecular weight excluding hydrogens is 319 g/mol. The summed E-state index contributed by atoms with van der Waals surface area (Å²) in [4.78, 5) is 12.1. The molecule has 134 valence electrons. The second kappa shape index (κ2) is 7.30. The van der Waals surface area contributed by atoms with Crippen molar-refractivity contribution in [2.45, 2.75) is 59.0 Å². The fraction of sp³-hybridized carbons (Fsp3) is 0.857. The van der Waals surface area contributed by atoms with E-state index in [1.54, 1.807) is 20.8 Å². The predicted molar refractivity (Wildman–Crippen MR) is 89.7 cm³/mol. The molecule has 1 aliphatic heterocycles. The van der Waals surface area contributed by atoms with Crippen LogP contribution in [-0.4, -0.2) is 47.3 Å². The van der Waals surface area contributed by atoms with Gasteiger partial charge in [0, 0.05) is 5.54 Å². The third kappa shape index (κ3) is 5.28. The number of amidine groups is 1. The molecule has 9 heteroatoms. The van der Waals surface area contributed by atoms with Gasteiger partial charge in [-0.15, -0.1) is 0 Å². The summed E-state index contributed by atoms with van der Waals surface area (Å²) < 4.78 is 23.1. The van der Waals surface area contributed by atoms with Crippen molar-refractivity contribution >= 4 is 19.5 Å². The average molecular weight is 348 g/mol. The molecule has 0 spiro atoms. The molecule has 2 amide bonds. The molecule has 0 aliphatic carbocycles. The van der Waals surface area contributed by atoms with Gasteiger partial charge in [-0.3, -0.25) is 9.97 Å². The molecule has 1 atom stereocenters. The highest BCUT2D eigenvalue weighted by molar-refractivity contribution is 7.53. The van der Waals surface area contributed by atoms with Gasteiger partial charge >= 0.3 is 13.6 Å². The van der Waals surface area contributed by atoms with E-state index in [9.17, 15) is 9.36 Å². The Kier molecular flexibility index (Phi) is 6.38. The van der Waals surface area contributed by atoms with Crippen LogP contribution in [0.2, 0.25) is 0 Å². The number of nitrogens with one attached hydrogen (secondary N) is 3. The van der Waals surface area contributed by atoms with E-state index in [4.69, 9.17) is 14.5 Å². The van der Waals surface area contributed by atoms with Gasteiger partial charge in [0.25, 0.3) is 0 Å². The van der Waals surface area contributed by atoms with Crippen molar-refractivity contribution in [3.63, 3.8) is 0 Å². The molecule has 0 saturated carbocycles. The number of hydrogen-bond donors (Lipinski definition) is 3. The van der Waals surface area contributed by atoms with E-state index in [1.807, 2.05) is 20.8 Å². The Bertz CT molecular complexity index is 495. The van der Waals surface area contributed by atoms with Crippen LogP contribution in [0.15, 0.2) is 0 Å². The average Bonchev–Trinajstić information content (AvgIpc) is 2.60. The second-order valence-electron chi connectivity index (χ2n) is 6.73. The van der Waals surface area contributed by atoms with E-state index >= 15 is 0 Å². The number of urea groups is 1. The molecule has 1 heterocycles. The summed E-state index contributed by atoms with van der Waals surface area (Å²) in [6, 6.07) is -0.393. The predicted octanol–water partition coefficient (Wildman–Crippen LogP) is 2.71. The Morgan fingerprint density at radius 3 is 2.26 bits per heavy atom. The van der Waals surface area contributed by atoms with Crippen molar-refractivity contribution in [3.8, 4) is 0 Å². The van der Waals surface area contributed by atoms with Crippen molar-refractivity contribution in [1.82, 2.24) is 15.8 Å². The van der Waals surface area contributed by atoms with E-state index in [2.05, 4.69) is 10.7 Å². The first-order valence-corrected chi connectivity index (χ1v) is 9.56. The summed E-state index contributed by atoms with van der Waals surface area (Å²) in [7, 11) is -3.21. The lowest BCUT2D eigenvalue weighted by Gasteiger charge is -2.30. The summed E-state index contributed by atoms with van der Waals surface area (Å²) >= 11 is 0. The molecule has 0 bridgehead atoms. The van der Waals surface area contributed by atoms with Crippen molar-refractivity contribution in [2.24, 2.45) is 0 Å². The van der Waals surface area contributed by atoms with Gasteiger partial charge in [-0.05, 0) is 48.0 Å². The van der Waals surface area contributed by atoms with E-state index < -0.39 is 19.2 Å². The molecule has 1 aliphatic rings. The van der Waals surface area contributed by atoms with Gasteiger partial charge in [0.1, 0.15) is 5.84 Å². The van der Waals surface area contributed by atoms with E-state index in [1.165, 1.54) is 5.01 Å². The Balaban J connectivity index is 2.82. The summed E-state index contributed by atoms with van der Waals surface area (Å²) in [6.07, 6.45) is 0.425. The Morgan fingerprint density at radius 2 is 1.83 bits per heavy atom. The van der Waals surface area contributed by atoms with Gasteiger partial charge in [0.05, 0.1) is 24.9 Å². The van der Waals surface area contributed by atoms with Crippen molar-refractivity contribution in [1.29, 1.82) is 5.41 Å². The van der Waals surface area contributed by atoms with Crippen LogP contribution in [0.25, 0.3) is 0 Å². The summed E-state index contributed by atoms with van der Waals surface area (Å²) in [5, 5.41) is 12.3. The third-order valence-corrected chi connectivity index (χ3v) is 5.39. The van der Waals surface area contributed by atoms with Crippen molar-refractivity contribution < 1.29 is 18.4 Å². The highest BCUT2D eigenvalue weighted by Gasteiger charge is 2.47. The number of carbonyl (C=O) groups is 1. The fourth-order valence-electron chi connectivity index (χ4n) is 2.24. The zero-order chi connectivity index (χ0) is 17.9. The van der Waals surface area contributed by atoms with Crippen LogP contribution < -0.4 is 10.7 Å². The maximum atomic E-state index is 12.6. The zero-order valence-corrected chi connectivity index (χ0v) is 15.8. The largest absolute Gasteiger partial charge is 0.338 e. The first kappa shape index (κ1) is 20.1. The molecule has 0 radical (unpaired) electrons. The van der Waals surface area contributed by atoms with Crippen LogP contribution in [-0.2, 0) is 13.6 Å². The molecule has 23 heavy (non-hydrogen) atoms. The van der Waals surface area contributed by atoms with Gasteiger partial charge in [0.2, 0.25) is 0 Å². The molecule has 1 rings (SSSR count). The minimum Gasteiger partial charge on any atom is -0.324 e. The van der Waals surface area contributed by atoms with Gasteiger partial charge in [-0.25, -0.2) is 15.2 Å². The Hall–Kier alpha value is -0.950. The number of hydrogen-bond acceptors (Lipinski definition) is 6. The van der Waals surface area contributed by atoms with Crippen LogP contribution in [0.3, 0.4) is 0 Å². The first-order chi connectivity index (χ1) is 10.5. The van der Waals surface area contributed by atoms with Gasteiger partial charge in [0.15, 0.2) is 0 Å². The van der Waals surface area contributed by atoms with Gasteiger partial charge in [-0.2, -0.15) is 0 Å². The molecule has 1 saturated heterocycles. The van der Waals surface area contributed by atoms with Gasteiger partial charge in [-0.1, -0.05) is 0 Å². The van der Waals surface area contributed by atoms with Crippen LogP contribution in [0.1, 0.15) is 48.0 Å². The SMILES string of the molecule is CCOP(=O)(CCC1(C)NC(=O)N(NC(C)(C)C)C1=N)OCC. The molecule has 0 aromatic rings. The standard InChI is InChI=1S/C14H29N4O4P/c1-7-21-23(20,22-8-2)10-9-14(6)11(15)18(12(19)16-14)17-13(3,4)5/h15,17H,7-10H2,1-6H3,(H,16,19). The molecule has 1 fully saturated rings. The minimum atomic E-state index is -3.21. The van der Waals surface area contributed by atoms with Crippen LogP contribution >= 0.6 is 7.60 Å². The number of rotatable bonds is 8. The van der Waals surface area contributed by atoms with Crippen LogP contribution in [0.4, 0.5) is 4.79 Å². The normalized spacial score (nSPS) is 22.6. The number of nitrogens with zero attached hydrogens (tertiary/aromatic N) is 1. The van der Waals surface area contributed by atoms with Crippen LogP contribution in [0, 0.1) is 5.41 Å². The van der Waals surface area contributed by atoms with Gasteiger partial charge < -0.3 is 14.4 Å². The zero-order valence-electron chi connectivity index (χ0n) is 14.9. The summed E-state index contributed by atoms with van der Waals surface area (Å²) in [5.41, 5.74) is 1.71. The lowest BCUT2D eigenvalue weighted by atomic mass is 9.99.